The number of hydrogen-bond acceptors (Lipinski definition) is 3. The van der Waals surface area contributed by atoms with Crippen LogP contribution in [0.25, 0.3) is 10.9 Å². The predicted octanol–water partition coefficient (Wildman–Crippen LogP) is 1.93. The fraction of sp³-hybridized carbons (Fsp3) is 0.308. The number of aldehydes is 1. The second kappa shape index (κ2) is 3.60. The lowest BCUT2D eigenvalue weighted by Gasteiger charge is -2.23. The van der Waals surface area contributed by atoms with E-state index in [0.717, 1.165) is 41.6 Å². The normalized spacial score (nSPS) is 15.2. The summed E-state index contributed by atoms with van der Waals surface area (Å²) < 4.78 is 5.33. The molecule has 0 fully saturated rings. The van der Waals surface area contributed by atoms with Crippen molar-refractivity contribution in [2.24, 2.45) is 0 Å². The molecule has 0 amide bonds. The number of H-pyrrole nitrogens is 1. The molecule has 88 valence electrons. The van der Waals surface area contributed by atoms with Crippen molar-refractivity contribution in [3.63, 3.8) is 0 Å². The lowest BCUT2D eigenvalue weighted by Crippen LogP contribution is -2.21. The summed E-state index contributed by atoms with van der Waals surface area (Å²) in [6.07, 6.45) is 0.887. The molecule has 2 heterocycles. The van der Waals surface area contributed by atoms with Gasteiger partial charge in [-0.1, -0.05) is 6.07 Å². The van der Waals surface area contributed by atoms with E-state index in [0.29, 0.717) is 5.69 Å². The zero-order valence-electron chi connectivity index (χ0n) is 9.91. The topological polar surface area (TPSA) is 45.3 Å². The summed E-state index contributed by atoms with van der Waals surface area (Å²) in [6, 6.07) is 4.02. The molecule has 0 unspecified atom stereocenters. The van der Waals surface area contributed by atoms with Gasteiger partial charge in [0.05, 0.1) is 18.3 Å². The standard InChI is InChI=1S/C13H14N2O2/c1-15-5-8-3-4-11(17-2)13-12(8)9(6-15)10(7-16)14-13/h3-4,7,14H,5-6H2,1-2H3. The first kappa shape index (κ1) is 10.4. The quantitative estimate of drug-likeness (QED) is 0.802. The fourth-order valence-corrected chi connectivity index (χ4v) is 2.62. The van der Waals surface area contributed by atoms with Gasteiger partial charge in [0.15, 0.2) is 6.29 Å². The Morgan fingerprint density at radius 1 is 1.41 bits per heavy atom. The molecular formula is C13H14N2O2. The van der Waals surface area contributed by atoms with Crippen LogP contribution in [-0.2, 0) is 13.1 Å². The van der Waals surface area contributed by atoms with Crippen molar-refractivity contribution >= 4 is 17.2 Å². The first-order valence-corrected chi connectivity index (χ1v) is 5.58. The van der Waals surface area contributed by atoms with Crippen LogP contribution in [0.5, 0.6) is 5.75 Å². The summed E-state index contributed by atoms with van der Waals surface area (Å²) in [6.45, 7) is 1.71. The molecule has 0 radical (unpaired) electrons. The highest BCUT2D eigenvalue weighted by Gasteiger charge is 2.22. The maximum absolute atomic E-state index is 11.1. The maximum Gasteiger partial charge on any atom is 0.166 e. The molecule has 0 bridgehead atoms. The van der Waals surface area contributed by atoms with Crippen molar-refractivity contribution < 1.29 is 9.53 Å². The molecule has 2 aromatic rings. The number of ether oxygens (including phenoxy) is 1. The second-order valence-electron chi connectivity index (χ2n) is 4.48. The molecule has 3 rings (SSSR count). The summed E-state index contributed by atoms with van der Waals surface area (Å²) in [7, 11) is 3.70. The molecular weight excluding hydrogens is 216 g/mol. The van der Waals surface area contributed by atoms with Crippen LogP contribution in [0.2, 0.25) is 0 Å². The summed E-state index contributed by atoms with van der Waals surface area (Å²) in [5.74, 6) is 0.794. The summed E-state index contributed by atoms with van der Waals surface area (Å²) in [5, 5.41) is 1.16. The molecule has 0 saturated heterocycles. The van der Waals surface area contributed by atoms with Crippen molar-refractivity contribution in [2.45, 2.75) is 13.1 Å². The molecule has 4 heteroatoms. The van der Waals surface area contributed by atoms with Gasteiger partial charge in [-0.05, 0) is 18.7 Å². The van der Waals surface area contributed by atoms with Crippen LogP contribution in [0, 0.1) is 0 Å². The minimum absolute atomic E-state index is 0.664. The minimum Gasteiger partial charge on any atom is -0.495 e. The predicted molar refractivity (Wildman–Crippen MR) is 65.4 cm³/mol. The SMILES string of the molecule is COc1ccc2c3c(c(C=O)[nH]c13)CN(C)C2. The Bertz CT molecular complexity index is 601. The highest BCUT2D eigenvalue weighted by atomic mass is 16.5. The molecule has 0 saturated carbocycles. The van der Waals surface area contributed by atoms with E-state index >= 15 is 0 Å². The highest BCUT2D eigenvalue weighted by molar-refractivity contribution is 5.97. The Balaban J connectivity index is 2.39. The van der Waals surface area contributed by atoms with Crippen molar-refractivity contribution in [2.75, 3.05) is 14.2 Å². The minimum atomic E-state index is 0.664. The second-order valence-corrected chi connectivity index (χ2v) is 4.48. The van der Waals surface area contributed by atoms with Gasteiger partial charge in [0.2, 0.25) is 0 Å². The van der Waals surface area contributed by atoms with E-state index < -0.39 is 0 Å². The smallest absolute Gasteiger partial charge is 0.166 e. The third kappa shape index (κ3) is 1.37. The van der Waals surface area contributed by atoms with E-state index in [2.05, 4.69) is 23.0 Å². The van der Waals surface area contributed by atoms with E-state index in [1.165, 1.54) is 5.56 Å². The van der Waals surface area contributed by atoms with E-state index in [9.17, 15) is 4.79 Å². The van der Waals surface area contributed by atoms with Crippen molar-refractivity contribution in [1.29, 1.82) is 0 Å². The first-order chi connectivity index (χ1) is 8.24. The molecule has 1 N–H and O–H groups in total. The van der Waals surface area contributed by atoms with Gasteiger partial charge < -0.3 is 9.72 Å². The van der Waals surface area contributed by atoms with Crippen LogP contribution < -0.4 is 4.74 Å². The molecule has 1 aromatic carbocycles. The average molecular weight is 230 g/mol. The van der Waals surface area contributed by atoms with Crippen LogP contribution >= 0.6 is 0 Å². The van der Waals surface area contributed by atoms with Gasteiger partial charge in [-0.25, -0.2) is 0 Å². The van der Waals surface area contributed by atoms with E-state index in [-0.39, 0.29) is 0 Å². The molecule has 4 nitrogen and oxygen atoms in total. The molecule has 1 aliphatic rings. The van der Waals surface area contributed by atoms with E-state index in [1.54, 1.807) is 7.11 Å². The van der Waals surface area contributed by atoms with Gasteiger partial charge in [0.25, 0.3) is 0 Å². The average Bonchev–Trinajstić information content (AvgIpc) is 2.69. The Morgan fingerprint density at radius 3 is 2.94 bits per heavy atom. The van der Waals surface area contributed by atoms with Crippen LogP contribution in [0.4, 0.5) is 0 Å². The van der Waals surface area contributed by atoms with Crippen LogP contribution in [-0.4, -0.2) is 30.3 Å². The number of hydrogen-bond donors (Lipinski definition) is 1. The number of methoxy groups -OCH3 is 1. The number of nitrogens with zero attached hydrogens (tertiary/aromatic N) is 1. The summed E-state index contributed by atoms with van der Waals surface area (Å²) in [5.41, 5.74) is 3.93. The van der Waals surface area contributed by atoms with Gasteiger partial charge in [-0.15, -0.1) is 0 Å². The number of benzene rings is 1. The van der Waals surface area contributed by atoms with Gasteiger partial charge in [0, 0.05) is 24.0 Å². The third-order valence-electron chi connectivity index (χ3n) is 3.35. The molecule has 1 aromatic heterocycles. The highest BCUT2D eigenvalue weighted by Crippen LogP contribution is 2.36. The Labute approximate surface area is 99.2 Å². The monoisotopic (exact) mass is 230 g/mol. The fourth-order valence-electron chi connectivity index (χ4n) is 2.62. The zero-order valence-corrected chi connectivity index (χ0v) is 9.91. The van der Waals surface area contributed by atoms with Crippen LogP contribution in [0.1, 0.15) is 21.6 Å². The van der Waals surface area contributed by atoms with Gasteiger partial charge >= 0.3 is 0 Å². The number of carbonyl (C=O) groups is 1. The van der Waals surface area contributed by atoms with Crippen molar-refractivity contribution in [3.8, 4) is 5.75 Å². The number of aromatic nitrogens is 1. The Hall–Kier alpha value is -1.81. The summed E-state index contributed by atoms with van der Waals surface area (Å²) >= 11 is 0. The van der Waals surface area contributed by atoms with E-state index in [4.69, 9.17) is 4.74 Å². The molecule has 0 spiro atoms. The lowest BCUT2D eigenvalue weighted by molar-refractivity contribution is 0.111. The zero-order chi connectivity index (χ0) is 12.0. The number of nitrogens with one attached hydrogen (secondary N) is 1. The Morgan fingerprint density at radius 2 is 2.24 bits per heavy atom. The van der Waals surface area contributed by atoms with E-state index in [1.807, 2.05) is 6.07 Å². The lowest BCUT2D eigenvalue weighted by atomic mass is 10.00. The summed E-state index contributed by atoms with van der Waals surface area (Å²) in [4.78, 5) is 16.5. The van der Waals surface area contributed by atoms with Crippen molar-refractivity contribution in [1.82, 2.24) is 9.88 Å². The largest absolute Gasteiger partial charge is 0.495 e. The first-order valence-electron chi connectivity index (χ1n) is 5.58. The van der Waals surface area contributed by atoms with Gasteiger partial charge in [-0.3, -0.25) is 9.69 Å². The Kier molecular flexibility index (Phi) is 2.19. The third-order valence-corrected chi connectivity index (χ3v) is 3.35. The number of carbonyl (C=O) groups excluding carboxylic acids is 1. The molecule has 0 atom stereocenters. The van der Waals surface area contributed by atoms with Gasteiger partial charge in [-0.2, -0.15) is 0 Å². The van der Waals surface area contributed by atoms with Crippen LogP contribution in [0.3, 0.4) is 0 Å². The number of rotatable bonds is 2. The maximum atomic E-state index is 11.1. The van der Waals surface area contributed by atoms with Gasteiger partial charge in [0.1, 0.15) is 5.75 Å². The van der Waals surface area contributed by atoms with Crippen molar-refractivity contribution in [3.05, 3.63) is 29.0 Å². The molecule has 17 heavy (non-hydrogen) atoms. The molecule has 0 aliphatic carbocycles. The molecule has 1 aliphatic heterocycles. The van der Waals surface area contributed by atoms with Crippen LogP contribution in [0.15, 0.2) is 12.1 Å². The number of aromatic amines is 1.